The lowest BCUT2D eigenvalue weighted by Gasteiger charge is -2.25. The highest BCUT2D eigenvalue weighted by Crippen LogP contribution is 2.29. The van der Waals surface area contributed by atoms with Crippen LogP contribution in [0.3, 0.4) is 0 Å². The summed E-state index contributed by atoms with van der Waals surface area (Å²) in [5.74, 6) is -1.15. The molecule has 1 aromatic rings. The number of rotatable bonds is 6. The van der Waals surface area contributed by atoms with Crippen LogP contribution in [-0.4, -0.2) is 41.8 Å². The molecule has 23 heavy (non-hydrogen) atoms. The molecule has 1 aliphatic rings. The number of hydrogen-bond donors (Lipinski definition) is 2. The van der Waals surface area contributed by atoms with Crippen LogP contribution >= 0.6 is 0 Å². The summed E-state index contributed by atoms with van der Waals surface area (Å²) in [4.78, 5) is 13.9. The van der Waals surface area contributed by atoms with E-state index in [0.717, 1.165) is 25.0 Å². The number of urea groups is 1. The number of hydrogen-bond acceptors (Lipinski definition) is 3. The summed E-state index contributed by atoms with van der Waals surface area (Å²) < 4.78 is 42.2. The van der Waals surface area contributed by atoms with Crippen LogP contribution in [0.4, 0.5) is 23.7 Å². The van der Waals surface area contributed by atoms with Gasteiger partial charge in [0, 0.05) is 25.3 Å². The average molecular weight is 332 g/mol. The Hall–Kier alpha value is -1.96. The van der Waals surface area contributed by atoms with E-state index in [4.69, 9.17) is 5.11 Å². The molecule has 128 valence electrons. The first kappa shape index (κ1) is 17.4. The van der Waals surface area contributed by atoms with Gasteiger partial charge in [0.15, 0.2) is 5.75 Å². The molecule has 0 aliphatic carbocycles. The smallest absolute Gasteiger partial charge is 0.387 e. The van der Waals surface area contributed by atoms with Crippen LogP contribution in [0.2, 0.25) is 0 Å². The Labute approximate surface area is 132 Å². The van der Waals surface area contributed by atoms with Crippen molar-refractivity contribution >= 4 is 11.7 Å². The van der Waals surface area contributed by atoms with Crippen molar-refractivity contribution in [1.82, 2.24) is 4.90 Å². The standard InChI is InChI=1S/C15H19F3N2O3/c16-10-5-6-12(13(9-10)23-14(17)18)19-15(22)20-7-1-3-11(20)4-2-8-21/h5-6,9,11,14,21H,1-4,7-8H2,(H,19,22)/t11-/m1/s1. The Morgan fingerprint density at radius 3 is 2.96 bits per heavy atom. The molecule has 5 nitrogen and oxygen atoms in total. The molecule has 2 N–H and O–H groups in total. The van der Waals surface area contributed by atoms with Crippen molar-refractivity contribution in [3.05, 3.63) is 24.0 Å². The summed E-state index contributed by atoms with van der Waals surface area (Å²) >= 11 is 0. The van der Waals surface area contributed by atoms with E-state index in [2.05, 4.69) is 10.1 Å². The second-order valence-corrected chi connectivity index (χ2v) is 5.30. The Bertz CT molecular complexity index is 543. The number of amides is 2. The first-order chi connectivity index (χ1) is 11.0. The molecule has 1 aromatic carbocycles. The van der Waals surface area contributed by atoms with Crippen LogP contribution in [0.15, 0.2) is 18.2 Å². The highest BCUT2D eigenvalue weighted by atomic mass is 19.3. The molecule has 0 aromatic heterocycles. The van der Waals surface area contributed by atoms with Gasteiger partial charge < -0.3 is 20.1 Å². The minimum Gasteiger partial charge on any atom is -0.432 e. The zero-order valence-corrected chi connectivity index (χ0v) is 12.5. The topological polar surface area (TPSA) is 61.8 Å². The monoisotopic (exact) mass is 332 g/mol. The lowest BCUT2D eigenvalue weighted by molar-refractivity contribution is -0.0495. The van der Waals surface area contributed by atoms with Crippen LogP contribution in [0.1, 0.15) is 25.7 Å². The van der Waals surface area contributed by atoms with E-state index < -0.39 is 24.2 Å². The van der Waals surface area contributed by atoms with Crippen molar-refractivity contribution in [2.45, 2.75) is 38.3 Å². The van der Waals surface area contributed by atoms with E-state index in [1.54, 1.807) is 4.90 Å². The number of benzene rings is 1. The van der Waals surface area contributed by atoms with Crippen molar-refractivity contribution in [3.63, 3.8) is 0 Å². The van der Waals surface area contributed by atoms with Gasteiger partial charge in [-0.25, -0.2) is 9.18 Å². The molecule has 0 radical (unpaired) electrons. The van der Waals surface area contributed by atoms with E-state index in [1.807, 2.05) is 0 Å². The number of likely N-dealkylation sites (tertiary alicyclic amines) is 1. The lowest BCUT2D eigenvalue weighted by atomic mass is 10.1. The van der Waals surface area contributed by atoms with Crippen LogP contribution in [0, 0.1) is 5.82 Å². The third-order valence-corrected chi connectivity index (χ3v) is 3.73. The number of aliphatic hydroxyl groups excluding tert-OH is 1. The third-order valence-electron chi connectivity index (χ3n) is 3.73. The number of aliphatic hydroxyl groups is 1. The minimum absolute atomic E-state index is 0.00191. The molecule has 8 heteroatoms. The van der Waals surface area contributed by atoms with Gasteiger partial charge >= 0.3 is 12.6 Å². The van der Waals surface area contributed by atoms with Crippen molar-refractivity contribution in [3.8, 4) is 5.75 Å². The predicted octanol–water partition coefficient (Wildman–Crippen LogP) is 3.20. The molecule has 2 amide bonds. The largest absolute Gasteiger partial charge is 0.432 e. The maximum absolute atomic E-state index is 13.2. The van der Waals surface area contributed by atoms with E-state index in [0.29, 0.717) is 19.4 Å². The fourth-order valence-corrected chi connectivity index (χ4v) is 2.71. The molecule has 1 saturated heterocycles. The number of carbonyl (C=O) groups excluding carboxylic acids is 1. The molecular formula is C15H19F3N2O3. The lowest BCUT2D eigenvalue weighted by Crippen LogP contribution is -2.38. The van der Waals surface area contributed by atoms with Gasteiger partial charge in [0.2, 0.25) is 0 Å². The van der Waals surface area contributed by atoms with Gasteiger partial charge in [-0.3, -0.25) is 0 Å². The van der Waals surface area contributed by atoms with E-state index >= 15 is 0 Å². The molecule has 1 fully saturated rings. The minimum atomic E-state index is -3.11. The average Bonchev–Trinajstić information content (AvgIpc) is 2.95. The number of anilines is 1. The first-order valence-electron chi connectivity index (χ1n) is 7.44. The molecular weight excluding hydrogens is 313 g/mol. The fourth-order valence-electron chi connectivity index (χ4n) is 2.71. The Morgan fingerprint density at radius 1 is 1.48 bits per heavy atom. The number of ether oxygens (including phenoxy) is 1. The molecule has 0 spiro atoms. The Kier molecular flexibility index (Phi) is 6.09. The summed E-state index contributed by atoms with van der Waals surface area (Å²) in [6, 6.07) is 2.60. The number of halogens is 3. The zero-order chi connectivity index (χ0) is 16.8. The second-order valence-electron chi connectivity index (χ2n) is 5.30. The molecule has 1 heterocycles. The van der Waals surface area contributed by atoms with E-state index in [-0.39, 0.29) is 18.3 Å². The molecule has 0 bridgehead atoms. The summed E-state index contributed by atoms with van der Waals surface area (Å²) in [5, 5.41) is 11.4. The molecule has 1 aliphatic heterocycles. The van der Waals surface area contributed by atoms with Crippen molar-refractivity contribution in [2.24, 2.45) is 0 Å². The maximum atomic E-state index is 13.2. The Morgan fingerprint density at radius 2 is 2.26 bits per heavy atom. The van der Waals surface area contributed by atoms with E-state index in [1.165, 1.54) is 6.07 Å². The predicted molar refractivity (Wildman–Crippen MR) is 78.1 cm³/mol. The van der Waals surface area contributed by atoms with Gasteiger partial charge in [-0.1, -0.05) is 0 Å². The molecule has 0 saturated carbocycles. The summed E-state index contributed by atoms with van der Waals surface area (Å²) in [6.07, 6.45) is 2.93. The van der Waals surface area contributed by atoms with Crippen molar-refractivity contribution < 1.29 is 27.8 Å². The SMILES string of the molecule is O=C(Nc1ccc(F)cc1OC(F)F)N1CCC[C@@H]1CCCO. The second kappa shape index (κ2) is 8.05. The maximum Gasteiger partial charge on any atom is 0.387 e. The number of alkyl halides is 2. The zero-order valence-electron chi connectivity index (χ0n) is 12.5. The Balaban J connectivity index is 2.07. The highest BCUT2D eigenvalue weighted by Gasteiger charge is 2.28. The molecule has 1 atom stereocenters. The first-order valence-corrected chi connectivity index (χ1v) is 7.44. The molecule has 2 rings (SSSR count). The van der Waals surface area contributed by atoms with Crippen LogP contribution in [-0.2, 0) is 0 Å². The number of nitrogens with zero attached hydrogens (tertiary/aromatic N) is 1. The van der Waals surface area contributed by atoms with Crippen LogP contribution in [0.25, 0.3) is 0 Å². The van der Waals surface area contributed by atoms with Gasteiger partial charge in [-0.2, -0.15) is 8.78 Å². The van der Waals surface area contributed by atoms with Crippen LogP contribution < -0.4 is 10.1 Å². The van der Waals surface area contributed by atoms with Gasteiger partial charge in [0.1, 0.15) is 5.82 Å². The summed E-state index contributed by atoms with van der Waals surface area (Å²) in [7, 11) is 0. The number of nitrogens with one attached hydrogen (secondary N) is 1. The van der Waals surface area contributed by atoms with Crippen molar-refractivity contribution in [2.75, 3.05) is 18.5 Å². The summed E-state index contributed by atoms with van der Waals surface area (Å²) in [6.45, 7) is -2.51. The highest BCUT2D eigenvalue weighted by molar-refractivity contribution is 5.91. The normalized spacial score (nSPS) is 17.6. The van der Waals surface area contributed by atoms with E-state index in [9.17, 15) is 18.0 Å². The molecule has 0 unspecified atom stereocenters. The quantitative estimate of drug-likeness (QED) is 0.841. The van der Waals surface area contributed by atoms with Gasteiger partial charge in [0.05, 0.1) is 5.69 Å². The third kappa shape index (κ3) is 4.75. The van der Waals surface area contributed by atoms with Crippen LogP contribution in [0.5, 0.6) is 5.75 Å². The fraction of sp³-hybridized carbons (Fsp3) is 0.533. The van der Waals surface area contributed by atoms with Gasteiger partial charge in [0.25, 0.3) is 0 Å². The van der Waals surface area contributed by atoms with Crippen molar-refractivity contribution in [1.29, 1.82) is 0 Å². The van der Waals surface area contributed by atoms with Gasteiger partial charge in [-0.15, -0.1) is 0 Å². The summed E-state index contributed by atoms with van der Waals surface area (Å²) in [5.41, 5.74) is -0.00971. The van der Waals surface area contributed by atoms with Gasteiger partial charge in [-0.05, 0) is 37.8 Å². The number of carbonyl (C=O) groups is 1.